The van der Waals surface area contributed by atoms with E-state index in [0.717, 1.165) is 19.0 Å². The van der Waals surface area contributed by atoms with Crippen molar-refractivity contribution in [3.8, 4) is 11.5 Å². The van der Waals surface area contributed by atoms with E-state index in [9.17, 15) is 9.90 Å². The van der Waals surface area contributed by atoms with E-state index in [4.69, 9.17) is 4.74 Å². The van der Waals surface area contributed by atoms with E-state index in [1.807, 2.05) is 19.1 Å². The molecular formula is C15H12Br3NO3. The van der Waals surface area contributed by atoms with Crippen LogP contribution in [0, 0.1) is 6.92 Å². The first kappa shape index (κ1) is 17.3. The molecule has 0 aromatic heterocycles. The number of benzene rings is 2. The van der Waals surface area contributed by atoms with Gasteiger partial charge in [0.2, 0.25) is 0 Å². The maximum Gasteiger partial charge on any atom is 0.262 e. The lowest BCUT2D eigenvalue weighted by Gasteiger charge is -2.12. The van der Waals surface area contributed by atoms with Crippen molar-refractivity contribution in [2.24, 2.45) is 0 Å². The summed E-state index contributed by atoms with van der Waals surface area (Å²) in [7, 11) is 0. The molecule has 0 radical (unpaired) electrons. The van der Waals surface area contributed by atoms with Crippen LogP contribution in [-0.4, -0.2) is 17.6 Å². The largest absolute Gasteiger partial charge is 0.506 e. The zero-order valence-electron chi connectivity index (χ0n) is 11.5. The van der Waals surface area contributed by atoms with Crippen molar-refractivity contribution in [3.63, 3.8) is 0 Å². The summed E-state index contributed by atoms with van der Waals surface area (Å²) in [4.78, 5) is 11.9. The van der Waals surface area contributed by atoms with E-state index in [1.165, 1.54) is 0 Å². The normalized spacial score (nSPS) is 10.4. The van der Waals surface area contributed by atoms with Crippen molar-refractivity contribution in [2.75, 3.05) is 11.9 Å². The molecular weight excluding hydrogens is 482 g/mol. The molecule has 0 aliphatic heterocycles. The second-order valence-electron chi connectivity index (χ2n) is 4.56. The molecule has 0 aliphatic carbocycles. The summed E-state index contributed by atoms with van der Waals surface area (Å²) in [6, 6.07) is 8.68. The minimum atomic E-state index is -0.360. The van der Waals surface area contributed by atoms with Gasteiger partial charge in [-0.2, -0.15) is 0 Å². The van der Waals surface area contributed by atoms with E-state index in [2.05, 4.69) is 53.1 Å². The summed E-state index contributed by atoms with van der Waals surface area (Å²) in [6.07, 6.45) is 0. The Bertz CT molecular complexity index is 696. The lowest BCUT2D eigenvalue weighted by Crippen LogP contribution is -2.20. The van der Waals surface area contributed by atoms with E-state index >= 15 is 0 Å². The summed E-state index contributed by atoms with van der Waals surface area (Å²) in [5.41, 5.74) is 1.27. The number of halogens is 3. The van der Waals surface area contributed by atoms with Crippen molar-refractivity contribution in [3.05, 3.63) is 49.3 Å². The summed E-state index contributed by atoms with van der Waals surface area (Å²) in [5.74, 6) is 0.201. The summed E-state index contributed by atoms with van der Waals surface area (Å²) in [6.45, 7) is 1.68. The summed E-state index contributed by atoms with van der Waals surface area (Å²) < 4.78 is 7.84. The highest BCUT2D eigenvalue weighted by Crippen LogP contribution is 2.36. The summed E-state index contributed by atoms with van der Waals surface area (Å²) >= 11 is 10.1. The quantitative estimate of drug-likeness (QED) is 0.589. The topological polar surface area (TPSA) is 58.6 Å². The van der Waals surface area contributed by atoms with Crippen molar-refractivity contribution in [2.45, 2.75) is 6.92 Å². The zero-order valence-corrected chi connectivity index (χ0v) is 16.2. The Kier molecular flexibility index (Phi) is 5.88. The van der Waals surface area contributed by atoms with Crippen LogP contribution in [0.2, 0.25) is 0 Å². The molecule has 0 spiro atoms. The minimum Gasteiger partial charge on any atom is -0.506 e. The second kappa shape index (κ2) is 7.48. The Hall–Kier alpha value is -1.05. The van der Waals surface area contributed by atoms with Crippen molar-refractivity contribution in [1.82, 2.24) is 0 Å². The molecule has 22 heavy (non-hydrogen) atoms. The number of aromatic hydroxyl groups is 1. The highest BCUT2D eigenvalue weighted by molar-refractivity contribution is 9.11. The number of phenols is 1. The van der Waals surface area contributed by atoms with Gasteiger partial charge in [0, 0.05) is 4.47 Å². The van der Waals surface area contributed by atoms with Crippen molar-refractivity contribution < 1.29 is 14.6 Å². The lowest BCUT2D eigenvalue weighted by atomic mass is 10.2. The molecule has 2 aromatic rings. The number of ether oxygens (including phenoxy) is 1. The van der Waals surface area contributed by atoms with E-state index in [1.54, 1.807) is 18.2 Å². The molecule has 4 nitrogen and oxygen atoms in total. The third-order valence-electron chi connectivity index (χ3n) is 2.74. The number of rotatable bonds is 4. The van der Waals surface area contributed by atoms with E-state index in [-0.39, 0.29) is 18.3 Å². The maximum absolute atomic E-state index is 11.9. The van der Waals surface area contributed by atoms with Crippen LogP contribution >= 0.6 is 47.8 Å². The molecule has 7 heteroatoms. The second-order valence-corrected chi connectivity index (χ2v) is 7.18. The minimum absolute atomic E-state index is 0.0272. The van der Waals surface area contributed by atoms with Gasteiger partial charge in [0.05, 0.1) is 14.6 Å². The number of aryl methyl sites for hydroxylation is 1. The molecule has 2 aromatic carbocycles. The summed E-state index contributed by atoms with van der Waals surface area (Å²) in [5, 5.41) is 12.4. The molecule has 0 atom stereocenters. The van der Waals surface area contributed by atoms with Crippen molar-refractivity contribution >= 4 is 59.4 Å². The van der Waals surface area contributed by atoms with Gasteiger partial charge in [-0.25, -0.2) is 0 Å². The number of hydrogen-bond acceptors (Lipinski definition) is 3. The fraction of sp³-hybridized carbons (Fsp3) is 0.133. The molecule has 0 fully saturated rings. The van der Waals surface area contributed by atoms with Gasteiger partial charge in [-0.15, -0.1) is 0 Å². The van der Waals surface area contributed by atoms with Gasteiger partial charge in [0.1, 0.15) is 11.5 Å². The molecule has 2 rings (SSSR count). The van der Waals surface area contributed by atoms with Gasteiger partial charge in [-0.3, -0.25) is 4.79 Å². The smallest absolute Gasteiger partial charge is 0.262 e. The van der Waals surface area contributed by atoms with Gasteiger partial charge in [0.15, 0.2) is 6.61 Å². The maximum atomic E-state index is 11.9. The Balaban J connectivity index is 2.02. The molecule has 0 heterocycles. The average molecular weight is 494 g/mol. The molecule has 0 aliphatic rings. The third-order valence-corrected chi connectivity index (χ3v) is 4.37. The first-order valence-corrected chi connectivity index (χ1v) is 8.61. The van der Waals surface area contributed by atoms with Crippen LogP contribution in [0.4, 0.5) is 5.69 Å². The highest BCUT2D eigenvalue weighted by atomic mass is 79.9. The van der Waals surface area contributed by atoms with Crippen LogP contribution in [0.25, 0.3) is 0 Å². The number of hydrogen-bond donors (Lipinski definition) is 2. The highest BCUT2D eigenvalue weighted by Gasteiger charge is 2.12. The van der Waals surface area contributed by atoms with Gasteiger partial charge in [-0.1, -0.05) is 22.0 Å². The molecule has 1 amide bonds. The molecule has 0 saturated carbocycles. The van der Waals surface area contributed by atoms with Crippen molar-refractivity contribution in [1.29, 1.82) is 0 Å². The number of amides is 1. The van der Waals surface area contributed by atoms with Gasteiger partial charge in [0.25, 0.3) is 5.91 Å². The monoisotopic (exact) mass is 491 g/mol. The Labute approximate surface area is 153 Å². The van der Waals surface area contributed by atoms with E-state index < -0.39 is 0 Å². The van der Waals surface area contributed by atoms with Crippen LogP contribution in [0.5, 0.6) is 11.5 Å². The number of nitrogens with one attached hydrogen (secondary N) is 1. The molecule has 0 unspecified atom stereocenters. The number of carbonyl (C=O) groups excluding carboxylic acids is 1. The molecule has 116 valence electrons. The standard InChI is InChI=1S/C15H12Br3NO3/c1-8-2-3-12(13(20)4-8)19-14(21)7-22-15-10(17)5-9(16)6-11(15)18/h2-6,20H,7H2,1H3,(H,19,21). The third kappa shape index (κ3) is 4.47. The zero-order chi connectivity index (χ0) is 16.3. The average Bonchev–Trinajstić information content (AvgIpc) is 2.40. The van der Waals surface area contributed by atoms with Crippen LogP contribution in [0.3, 0.4) is 0 Å². The van der Waals surface area contributed by atoms with Crippen LogP contribution < -0.4 is 10.1 Å². The van der Waals surface area contributed by atoms with Gasteiger partial charge >= 0.3 is 0 Å². The number of anilines is 1. The predicted octanol–water partition coefficient (Wildman–Crippen LogP) is 5.01. The molecule has 0 saturated heterocycles. The van der Waals surface area contributed by atoms with Crippen LogP contribution in [-0.2, 0) is 4.79 Å². The van der Waals surface area contributed by atoms with E-state index in [0.29, 0.717) is 11.4 Å². The van der Waals surface area contributed by atoms with Crippen LogP contribution in [0.15, 0.2) is 43.7 Å². The van der Waals surface area contributed by atoms with Crippen LogP contribution in [0.1, 0.15) is 5.56 Å². The van der Waals surface area contributed by atoms with Gasteiger partial charge < -0.3 is 15.2 Å². The van der Waals surface area contributed by atoms with Gasteiger partial charge in [-0.05, 0) is 68.6 Å². The Morgan fingerprint density at radius 3 is 2.41 bits per heavy atom. The fourth-order valence-corrected chi connectivity index (χ4v) is 4.23. The molecule has 2 N–H and O–H groups in total. The Morgan fingerprint density at radius 1 is 1.18 bits per heavy atom. The Morgan fingerprint density at radius 2 is 1.82 bits per heavy atom. The molecule has 0 bridgehead atoms. The predicted molar refractivity (Wildman–Crippen MR) is 96.5 cm³/mol. The fourth-order valence-electron chi connectivity index (χ4n) is 1.74. The first-order valence-electron chi connectivity index (χ1n) is 6.23. The SMILES string of the molecule is Cc1ccc(NC(=O)COc2c(Br)cc(Br)cc2Br)c(O)c1. The number of phenolic OH excluding ortho intramolecular Hbond substituents is 1. The lowest BCUT2D eigenvalue weighted by molar-refractivity contribution is -0.118. The first-order chi connectivity index (χ1) is 10.4. The number of carbonyl (C=O) groups is 1.